The minimum absolute atomic E-state index is 0.00367. The molecule has 0 unspecified atom stereocenters. The number of aryl methyl sites for hydroxylation is 1. The molecule has 1 aliphatic carbocycles. The molecule has 0 spiro atoms. The van der Waals surface area contributed by atoms with Gasteiger partial charge in [-0.05, 0) is 18.6 Å². The van der Waals surface area contributed by atoms with Crippen molar-refractivity contribution in [1.82, 2.24) is 0 Å². The molecule has 4 rings (SSSR count). The molecule has 0 saturated carbocycles. The summed E-state index contributed by atoms with van der Waals surface area (Å²) >= 11 is 0. The summed E-state index contributed by atoms with van der Waals surface area (Å²) in [4.78, 5) is 38.6. The summed E-state index contributed by atoms with van der Waals surface area (Å²) in [5.41, 5.74) is 2.59. The van der Waals surface area contributed by atoms with E-state index in [-0.39, 0.29) is 33.8 Å². The number of Topliss-reactive ketones (excluding diaryl/α,β-unsaturated/α-hetero) is 2. The molecule has 0 bridgehead atoms. The maximum atomic E-state index is 13.4. The van der Waals surface area contributed by atoms with Crippen molar-refractivity contribution in [3.8, 4) is 0 Å². The molecule has 28 heavy (non-hydrogen) atoms. The van der Waals surface area contributed by atoms with E-state index in [1.807, 2.05) is 6.07 Å². The average molecular weight is 368 g/mol. The van der Waals surface area contributed by atoms with Gasteiger partial charge >= 0.3 is 5.97 Å². The lowest BCUT2D eigenvalue weighted by molar-refractivity contribution is 0.0696. The number of hydrogen-bond acceptors (Lipinski definition) is 3. The summed E-state index contributed by atoms with van der Waals surface area (Å²) in [7, 11) is 0. The van der Waals surface area contributed by atoms with E-state index in [1.165, 1.54) is 6.07 Å². The number of rotatable bonds is 3. The van der Waals surface area contributed by atoms with Crippen molar-refractivity contribution in [3.63, 3.8) is 0 Å². The summed E-state index contributed by atoms with van der Waals surface area (Å²) in [5.74, 6) is -1.77. The first-order chi connectivity index (χ1) is 13.5. The van der Waals surface area contributed by atoms with E-state index in [0.29, 0.717) is 16.7 Å². The molecule has 0 radical (unpaired) electrons. The molecule has 4 heteroatoms. The van der Waals surface area contributed by atoms with Crippen LogP contribution in [-0.4, -0.2) is 22.6 Å². The van der Waals surface area contributed by atoms with Crippen molar-refractivity contribution in [2.75, 3.05) is 0 Å². The van der Waals surface area contributed by atoms with E-state index in [4.69, 9.17) is 0 Å². The van der Waals surface area contributed by atoms with Crippen molar-refractivity contribution < 1.29 is 19.5 Å². The summed E-state index contributed by atoms with van der Waals surface area (Å²) < 4.78 is 0. The van der Waals surface area contributed by atoms with Gasteiger partial charge in [-0.2, -0.15) is 0 Å². The number of aromatic carboxylic acids is 1. The molecule has 0 fully saturated rings. The van der Waals surface area contributed by atoms with E-state index < -0.39 is 5.97 Å². The fraction of sp³-hybridized carbons (Fsp3) is 0.0417. The summed E-state index contributed by atoms with van der Waals surface area (Å²) in [6.07, 6.45) is 0. The second-order valence-corrected chi connectivity index (χ2v) is 6.67. The highest BCUT2D eigenvalue weighted by molar-refractivity contribution is 6.52. The molecule has 4 nitrogen and oxygen atoms in total. The molecule has 3 aromatic rings. The molecule has 0 atom stereocenters. The average Bonchev–Trinajstić information content (AvgIpc) is 2.71. The van der Waals surface area contributed by atoms with Crippen LogP contribution in [0.15, 0.2) is 72.8 Å². The number of benzene rings is 3. The van der Waals surface area contributed by atoms with Crippen LogP contribution in [0.25, 0.3) is 11.1 Å². The molecule has 0 amide bonds. The fourth-order valence-corrected chi connectivity index (χ4v) is 3.57. The van der Waals surface area contributed by atoms with Crippen molar-refractivity contribution >= 4 is 28.7 Å². The monoisotopic (exact) mass is 368 g/mol. The largest absolute Gasteiger partial charge is 0.478 e. The van der Waals surface area contributed by atoms with Crippen LogP contribution < -0.4 is 0 Å². The number of carbonyl (C=O) groups excluding carboxylic acids is 2. The molecule has 1 aliphatic rings. The molecule has 136 valence electrons. The Bertz CT molecular complexity index is 1170. The van der Waals surface area contributed by atoms with Crippen molar-refractivity contribution in [3.05, 3.63) is 106 Å². The van der Waals surface area contributed by atoms with Crippen LogP contribution in [0.3, 0.4) is 0 Å². The van der Waals surface area contributed by atoms with E-state index in [2.05, 4.69) is 0 Å². The lowest BCUT2D eigenvalue weighted by atomic mass is 9.77. The topological polar surface area (TPSA) is 71.4 Å². The Morgan fingerprint density at radius 1 is 0.714 bits per heavy atom. The molecule has 0 aromatic heterocycles. The van der Waals surface area contributed by atoms with Crippen LogP contribution in [0.4, 0.5) is 0 Å². The maximum absolute atomic E-state index is 13.4. The Labute approximate surface area is 161 Å². The van der Waals surface area contributed by atoms with Crippen LogP contribution >= 0.6 is 0 Å². The van der Waals surface area contributed by atoms with Crippen molar-refractivity contribution in [2.45, 2.75) is 6.92 Å². The van der Waals surface area contributed by atoms with Gasteiger partial charge in [0.05, 0.1) is 5.56 Å². The molecular weight excluding hydrogens is 352 g/mol. The summed E-state index contributed by atoms with van der Waals surface area (Å²) in [5, 5.41) is 9.71. The minimum Gasteiger partial charge on any atom is -0.478 e. The number of carboxylic acid groups (broad SMARTS) is 1. The number of carbonyl (C=O) groups is 3. The van der Waals surface area contributed by atoms with Crippen LogP contribution in [0.1, 0.15) is 47.8 Å². The third kappa shape index (κ3) is 2.76. The highest BCUT2D eigenvalue weighted by Gasteiger charge is 2.35. The molecule has 3 aromatic carbocycles. The second-order valence-electron chi connectivity index (χ2n) is 6.67. The van der Waals surface area contributed by atoms with Gasteiger partial charge in [-0.15, -0.1) is 0 Å². The van der Waals surface area contributed by atoms with Gasteiger partial charge in [-0.1, -0.05) is 72.3 Å². The highest BCUT2D eigenvalue weighted by atomic mass is 16.4. The molecular formula is C24H16O4. The second kappa shape index (κ2) is 6.74. The van der Waals surface area contributed by atoms with Gasteiger partial charge < -0.3 is 5.11 Å². The van der Waals surface area contributed by atoms with E-state index >= 15 is 0 Å². The van der Waals surface area contributed by atoms with Gasteiger partial charge in [-0.3, -0.25) is 9.59 Å². The maximum Gasteiger partial charge on any atom is 0.336 e. The normalized spacial score (nSPS) is 13.5. The zero-order valence-corrected chi connectivity index (χ0v) is 15.1. The predicted molar refractivity (Wildman–Crippen MR) is 106 cm³/mol. The van der Waals surface area contributed by atoms with Crippen molar-refractivity contribution in [2.24, 2.45) is 0 Å². The first kappa shape index (κ1) is 17.6. The Morgan fingerprint density at radius 3 is 1.89 bits per heavy atom. The van der Waals surface area contributed by atoms with Gasteiger partial charge in [0.25, 0.3) is 0 Å². The smallest absolute Gasteiger partial charge is 0.336 e. The van der Waals surface area contributed by atoms with Crippen molar-refractivity contribution in [1.29, 1.82) is 0 Å². The highest BCUT2D eigenvalue weighted by Crippen LogP contribution is 2.38. The standard InChI is InChI=1S/C24H16O4/c1-14-11-12-16(19(13-14)24(27)28)21-20(15-7-3-2-4-8-15)22(25)17-9-5-6-10-18(17)23(21)26/h2-13H,1H3,(H,27,28). The van der Waals surface area contributed by atoms with Gasteiger partial charge in [0.15, 0.2) is 11.6 Å². The minimum atomic E-state index is -1.14. The molecule has 0 aliphatic heterocycles. The number of hydrogen-bond donors (Lipinski definition) is 1. The fourth-order valence-electron chi connectivity index (χ4n) is 3.57. The Hall–Kier alpha value is -3.79. The Balaban J connectivity index is 2.10. The van der Waals surface area contributed by atoms with Gasteiger partial charge in [0.1, 0.15) is 0 Å². The van der Waals surface area contributed by atoms with Gasteiger partial charge in [0, 0.05) is 27.8 Å². The number of carboxylic acids is 1. The zero-order chi connectivity index (χ0) is 19.8. The number of allylic oxidation sites excluding steroid dienone is 2. The van der Waals surface area contributed by atoms with Crippen LogP contribution in [-0.2, 0) is 0 Å². The van der Waals surface area contributed by atoms with E-state index in [9.17, 15) is 19.5 Å². The number of fused-ring (bicyclic) bond motifs is 1. The summed E-state index contributed by atoms with van der Waals surface area (Å²) in [6, 6.07) is 20.4. The van der Waals surface area contributed by atoms with Crippen LogP contribution in [0, 0.1) is 6.92 Å². The third-order valence-corrected chi connectivity index (χ3v) is 4.86. The molecule has 0 saturated heterocycles. The first-order valence-corrected chi connectivity index (χ1v) is 8.81. The Morgan fingerprint density at radius 2 is 1.29 bits per heavy atom. The number of ketones is 2. The lowest BCUT2D eigenvalue weighted by Crippen LogP contribution is -2.22. The lowest BCUT2D eigenvalue weighted by Gasteiger charge is -2.22. The predicted octanol–water partition coefficient (Wildman–Crippen LogP) is 4.68. The Kier molecular flexibility index (Phi) is 4.24. The van der Waals surface area contributed by atoms with Gasteiger partial charge in [0.2, 0.25) is 0 Å². The molecule has 0 heterocycles. The zero-order valence-electron chi connectivity index (χ0n) is 15.1. The van der Waals surface area contributed by atoms with E-state index in [0.717, 1.165) is 5.56 Å². The molecule has 1 N–H and O–H groups in total. The third-order valence-electron chi connectivity index (χ3n) is 4.86. The van der Waals surface area contributed by atoms with Gasteiger partial charge in [-0.25, -0.2) is 4.79 Å². The summed E-state index contributed by atoms with van der Waals surface area (Å²) in [6.45, 7) is 1.78. The van der Waals surface area contributed by atoms with Crippen LogP contribution in [0.5, 0.6) is 0 Å². The SMILES string of the molecule is Cc1ccc(C2=C(c3ccccc3)C(=O)c3ccccc3C2=O)c(C(=O)O)c1. The quantitative estimate of drug-likeness (QED) is 0.728. The first-order valence-electron chi connectivity index (χ1n) is 8.81. The van der Waals surface area contributed by atoms with E-state index in [1.54, 1.807) is 67.6 Å². The van der Waals surface area contributed by atoms with Crippen LogP contribution in [0.2, 0.25) is 0 Å².